The highest BCUT2D eigenvalue weighted by Crippen LogP contribution is 2.32. The van der Waals surface area contributed by atoms with Gasteiger partial charge in [-0.2, -0.15) is 0 Å². The molecule has 0 amide bonds. The lowest BCUT2D eigenvalue weighted by molar-refractivity contribution is 1.42. The highest BCUT2D eigenvalue weighted by molar-refractivity contribution is 5.95. The summed E-state index contributed by atoms with van der Waals surface area (Å²) >= 11 is 0. The van der Waals surface area contributed by atoms with Crippen LogP contribution in [0.5, 0.6) is 0 Å². The van der Waals surface area contributed by atoms with Crippen LogP contribution in [0.2, 0.25) is 0 Å². The Morgan fingerprint density at radius 1 is 0.481 bits per heavy atom. The van der Waals surface area contributed by atoms with Gasteiger partial charge in [0.2, 0.25) is 0 Å². The van der Waals surface area contributed by atoms with Crippen LogP contribution >= 0.6 is 0 Å². The van der Waals surface area contributed by atoms with Crippen LogP contribution < -0.4 is 5.73 Å². The third-order valence-electron chi connectivity index (χ3n) is 4.68. The van der Waals surface area contributed by atoms with E-state index in [4.69, 9.17) is 11.1 Å². The van der Waals surface area contributed by atoms with E-state index >= 15 is 0 Å². The van der Waals surface area contributed by atoms with Crippen molar-refractivity contribution in [2.24, 2.45) is 5.73 Å². The van der Waals surface area contributed by atoms with E-state index in [0.717, 1.165) is 16.7 Å². The van der Waals surface area contributed by atoms with E-state index < -0.39 is 0 Å². The fraction of sp³-hybridized carbons (Fsp3) is 0. The first-order valence-electron chi connectivity index (χ1n) is 8.91. The molecule has 0 aromatic heterocycles. The van der Waals surface area contributed by atoms with Gasteiger partial charge < -0.3 is 5.73 Å². The molecule has 0 aliphatic carbocycles. The Hall–Kier alpha value is -3.65. The summed E-state index contributed by atoms with van der Waals surface area (Å²) in [4.78, 5) is 0. The molecule has 0 unspecified atom stereocenters. The second kappa shape index (κ2) is 7.30. The van der Waals surface area contributed by atoms with E-state index in [0.29, 0.717) is 0 Å². The van der Waals surface area contributed by atoms with Crippen molar-refractivity contribution in [2.45, 2.75) is 0 Å². The topological polar surface area (TPSA) is 49.9 Å². The van der Waals surface area contributed by atoms with E-state index in [2.05, 4.69) is 66.7 Å². The molecule has 4 aromatic carbocycles. The summed E-state index contributed by atoms with van der Waals surface area (Å²) in [6.45, 7) is 0. The molecule has 0 bridgehead atoms. The van der Waals surface area contributed by atoms with Crippen molar-refractivity contribution in [1.29, 1.82) is 5.41 Å². The Bertz CT molecular complexity index is 1010. The Morgan fingerprint density at radius 2 is 0.852 bits per heavy atom. The van der Waals surface area contributed by atoms with Crippen LogP contribution in [0.25, 0.3) is 33.4 Å². The summed E-state index contributed by atoms with van der Waals surface area (Å²) in [7, 11) is 0. The second-order valence-corrected chi connectivity index (χ2v) is 6.52. The van der Waals surface area contributed by atoms with Crippen LogP contribution in [0.1, 0.15) is 5.56 Å². The number of nitrogen functional groups attached to an aromatic ring is 1. The molecule has 0 aliphatic rings. The average Bonchev–Trinajstić information content (AvgIpc) is 2.75. The van der Waals surface area contributed by atoms with E-state index in [-0.39, 0.29) is 5.84 Å². The minimum Gasteiger partial charge on any atom is -0.384 e. The maximum absolute atomic E-state index is 7.58. The van der Waals surface area contributed by atoms with Crippen LogP contribution in [0.3, 0.4) is 0 Å². The van der Waals surface area contributed by atoms with Gasteiger partial charge >= 0.3 is 0 Å². The van der Waals surface area contributed by atoms with Crippen molar-refractivity contribution in [3.05, 3.63) is 109 Å². The van der Waals surface area contributed by atoms with Crippen molar-refractivity contribution >= 4 is 5.84 Å². The van der Waals surface area contributed by atoms with Crippen LogP contribution in [0.4, 0.5) is 0 Å². The maximum atomic E-state index is 7.58. The number of hydrogen-bond donors (Lipinski definition) is 2. The largest absolute Gasteiger partial charge is 0.384 e. The van der Waals surface area contributed by atoms with Gasteiger partial charge in [-0.1, -0.05) is 84.9 Å². The molecule has 0 spiro atoms. The van der Waals surface area contributed by atoms with Gasteiger partial charge in [-0.25, -0.2) is 0 Å². The van der Waals surface area contributed by atoms with Crippen molar-refractivity contribution in [3.8, 4) is 33.4 Å². The van der Waals surface area contributed by atoms with E-state index in [1.165, 1.54) is 22.3 Å². The predicted molar refractivity (Wildman–Crippen MR) is 114 cm³/mol. The van der Waals surface area contributed by atoms with Crippen LogP contribution in [0.15, 0.2) is 103 Å². The fourth-order valence-corrected chi connectivity index (χ4v) is 3.23. The lowest BCUT2D eigenvalue weighted by atomic mass is 9.93. The molecule has 0 saturated carbocycles. The Labute approximate surface area is 159 Å². The number of hydrogen-bond acceptors (Lipinski definition) is 1. The fourth-order valence-electron chi connectivity index (χ4n) is 3.23. The molecular formula is C25H20N2. The molecule has 130 valence electrons. The number of benzene rings is 4. The molecule has 27 heavy (non-hydrogen) atoms. The predicted octanol–water partition coefficient (Wildman–Crippen LogP) is 5.97. The van der Waals surface area contributed by atoms with Gasteiger partial charge in [0.05, 0.1) is 0 Å². The quantitative estimate of drug-likeness (QED) is 0.346. The van der Waals surface area contributed by atoms with Gasteiger partial charge in [0.15, 0.2) is 0 Å². The maximum Gasteiger partial charge on any atom is 0.122 e. The van der Waals surface area contributed by atoms with Crippen LogP contribution in [-0.4, -0.2) is 5.84 Å². The standard InChI is InChI=1S/C25H20N2/c26-25(27)21-13-11-20(12-14-21)24-16-22(18-7-3-1-4-8-18)15-23(17-24)19-9-5-2-6-10-19/h1-17H,(H3,26,27). The smallest absolute Gasteiger partial charge is 0.122 e. The minimum absolute atomic E-state index is 0.0876. The van der Waals surface area contributed by atoms with Gasteiger partial charge in [-0.15, -0.1) is 0 Å². The number of amidine groups is 1. The summed E-state index contributed by atoms with van der Waals surface area (Å²) in [6.07, 6.45) is 0. The highest BCUT2D eigenvalue weighted by atomic mass is 14.7. The number of rotatable bonds is 4. The van der Waals surface area contributed by atoms with Crippen molar-refractivity contribution < 1.29 is 0 Å². The van der Waals surface area contributed by atoms with Gasteiger partial charge in [0.1, 0.15) is 5.84 Å². The molecule has 0 atom stereocenters. The van der Waals surface area contributed by atoms with E-state index in [9.17, 15) is 0 Å². The van der Waals surface area contributed by atoms with Crippen LogP contribution in [-0.2, 0) is 0 Å². The first-order valence-corrected chi connectivity index (χ1v) is 8.91. The number of nitrogens with two attached hydrogens (primary N) is 1. The molecule has 0 aliphatic heterocycles. The SMILES string of the molecule is N=C(N)c1ccc(-c2cc(-c3ccccc3)cc(-c3ccccc3)c2)cc1. The second-order valence-electron chi connectivity index (χ2n) is 6.52. The summed E-state index contributed by atoms with van der Waals surface area (Å²) in [5, 5.41) is 7.58. The molecule has 0 radical (unpaired) electrons. The zero-order valence-corrected chi connectivity index (χ0v) is 14.9. The summed E-state index contributed by atoms with van der Waals surface area (Å²) < 4.78 is 0. The molecule has 0 saturated heterocycles. The Morgan fingerprint density at radius 3 is 1.22 bits per heavy atom. The first kappa shape index (κ1) is 16.8. The summed E-state index contributed by atoms with van der Waals surface area (Å²) in [5.41, 5.74) is 13.3. The van der Waals surface area contributed by atoms with Gasteiger partial charge in [0, 0.05) is 5.56 Å². The Balaban J connectivity index is 1.86. The molecule has 2 heteroatoms. The van der Waals surface area contributed by atoms with Gasteiger partial charge in [-0.3, -0.25) is 5.41 Å². The molecule has 4 aromatic rings. The minimum atomic E-state index is 0.0876. The summed E-state index contributed by atoms with van der Waals surface area (Å²) in [5.74, 6) is 0.0876. The van der Waals surface area contributed by atoms with Crippen molar-refractivity contribution in [3.63, 3.8) is 0 Å². The molecule has 3 N–H and O–H groups in total. The number of nitrogens with one attached hydrogen (secondary N) is 1. The van der Waals surface area contributed by atoms with Gasteiger partial charge in [0.25, 0.3) is 0 Å². The first-order chi connectivity index (χ1) is 13.2. The lowest BCUT2D eigenvalue weighted by Crippen LogP contribution is -2.10. The van der Waals surface area contributed by atoms with Crippen molar-refractivity contribution in [2.75, 3.05) is 0 Å². The monoisotopic (exact) mass is 348 g/mol. The lowest BCUT2D eigenvalue weighted by Gasteiger charge is -2.11. The zero-order chi connectivity index (χ0) is 18.6. The molecule has 2 nitrogen and oxygen atoms in total. The molecule has 0 fully saturated rings. The summed E-state index contributed by atoms with van der Waals surface area (Å²) in [6, 6.07) is 35.3. The third-order valence-corrected chi connectivity index (χ3v) is 4.68. The average molecular weight is 348 g/mol. The molecule has 0 heterocycles. The highest BCUT2D eigenvalue weighted by Gasteiger charge is 2.07. The molecular weight excluding hydrogens is 328 g/mol. The molecule has 4 rings (SSSR count). The third kappa shape index (κ3) is 3.65. The van der Waals surface area contributed by atoms with Crippen LogP contribution in [0, 0.1) is 5.41 Å². The normalized spacial score (nSPS) is 10.5. The van der Waals surface area contributed by atoms with Crippen molar-refractivity contribution in [1.82, 2.24) is 0 Å². The Kier molecular flexibility index (Phi) is 4.54. The van der Waals surface area contributed by atoms with E-state index in [1.54, 1.807) is 0 Å². The zero-order valence-electron chi connectivity index (χ0n) is 14.9. The van der Waals surface area contributed by atoms with E-state index in [1.807, 2.05) is 36.4 Å². The van der Waals surface area contributed by atoms with Gasteiger partial charge in [-0.05, 0) is 51.6 Å².